The lowest BCUT2D eigenvalue weighted by Crippen LogP contribution is -2.48. The number of anilines is 1. The van der Waals surface area contributed by atoms with Crippen LogP contribution in [0.25, 0.3) is 11.0 Å². The largest absolute Gasteiger partial charge is 0.489 e. The monoisotopic (exact) mass is 551 g/mol. The quantitative estimate of drug-likeness (QED) is 0.499. The van der Waals surface area contributed by atoms with Crippen molar-refractivity contribution in [1.29, 1.82) is 0 Å². The number of rotatable bonds is 5. The summed E-state index contributed by atoms with van der Waals surface area (Å²) < 4.78 is 44.4. The Balaban J connectivity index is 1.33. The molecular formula is C23H21BrF3N5O3. The molecule has 2 N–H and O–H groups in total. The molecule has 1 fully saturated rings. The molecule has 0 unspecified atom stereocenters. The summed E-state index contributed by atoms with van der Waals surface area (Å²) in [7, 11) is 0. The van der Waals surface area contributed by atoms with E-state index < -0.39 is 30.6 Å². The maximum Gasteiger partial charge on any atom is 0.405 e. The number of nitrogens with one attached hydrogen (secondary N) is 2. The number of halogens is 4. The number of H-pyrrole nitrogens is 1. The molecule has 2 aliphatic rings. The molecule has 184 valence electrons. The van der Waals surface area contributed by atoms with Gasteiger partial charge in [0.25, 0.3) is 0 Å². The zero-order valence-corrected chi connectivity index (χ0v) is 19.9. The van der Waals surface area contributed by atoms with Gasteiger partial charge in [-0.3, -0.25) is 14.7 Å². The fourth-order valence-corrected chi connectivity index (χ4v) is 5.72. The number of amides is 2. The van der Waals surface area contributed by atoms with Gasteiger partial charge in [-0.2, -0.15) is 18.3 Å². The summed E-state index contributed by atoms with van der Waals surface area (Å²) in [6.07, 6.45) is 0.767. The molecule has 1 aromatic carbocycles. The minimum atomic E-state index is -4.52. The number of hydrogen-bond acceptors (Lipinski definition) is 5. The number of alkyl halides is 3. The van der Waals surface area contributed by atoms with Crippen molar-refractivity contribution in [3.63, 3.8) is 0 Å². The van der Waals surface area contributed by atoms with E-state index >= 15 is 0 Å². The Morgan fingerprint density at radius 1 is 1.29 bits per heavy atom. The van der Waals surface area contributed by atoms with Crippen molar-refractivity contribution in [3.05, 3.63) is 46.7 Å². The van der Waals surface area contributed by atoms with Gasteiger partial charge in [0.15, 0.2) is 5.65 Å². The smallest absolute Gasteiger partial charge is 0.405 e. The van der Waals surface area contributed by atoms with Gasteiger partial charge >= 0.3 is 6.18 Å². The van der Waals surface area contributed by atoms with Crippen LogP contribution >= 0.6 is 15.9 Å². The first-order chi connectivity index (χ1) is 16.7. The Morgan fingerprint density at radius 3 is 2.80 bits per heavy atom. The Hall–Kier alpha value is -3.15. The van der Waals surface area contributed by atoms with Gasteiger partial charge in [0.05, 0.1) is 23.9 Å². The predicted molar refractivity (Wildman–Crippen MR) is 124 cm³/mol. The lowest BCUT2D eigenvalue weighted by atomic mass is 9.69. The molecule has 0 bridgehead atoms. The molecule has 1 spiro atoms. The molecule has 2 aromatic heterocycles. The van der Waals surface area contributed by atoms with Gasteiger partial charge in [0.1, 0.15) is 18.8 Å². The molecule has 0 saturated heterocycles. The Bertz CT molecular complexity index is 1290. The molecule has 1 saturated carbocycles. The topological polar surface area (TPSA) is 100 Å². The minimum absolute atomic E-state index is 0.130. The van der Waals surface area contributed by atoms with Gasteiger partial charge in [-0.1, -0.05) is 22.0 Å². The Kier molecular flexibility index (Phi) is 5.94. The fraction of sp³-hybridized carbons (Fsp3) is 0.391. The lowest BCUT2D eigenvalue weighted by Gasteiger charge is -2.36. The number of benzene rings is 1. The summed E-state index contributed by atoms with van der Waals surface area (Å²) in [6.45, 7) is -1.92. The first kappa shape index (κ1) is 23.6. The Morgan fingerprint density at radius 2 is 2.06 bits per heavy atom. The van der Waals surface area contributed by atoms with E-state index in [1.54, 1.807) is 24.5 Å². The number of carbonyl (C=O) groups excluding carboxylic acids is 2. The van der Waals surface area contributed by atoms with Gasteiger partial charge in [-0.05, 0) is 43.9 Å². The number of hydrogen-bond donors (Lipinski definition) is 2. The lowest BCUT2D eigenvalue weighted by molar-refractivity contribution is -0.138. The average Bonchev–Trinajstić information content (AvgIpc) is 3.37. The predicted octanol–water partition coefficient (Wildman–Crippen LogP) is 4.00. The zero-order valence-electron chi connectivity index (χ0n) is 18.4. The second kappa shape index (κ2) is 8.81. The second-order valence-electron chi connectivity index (χ2n) is 8.80. The summed E-state index contributed by atoms with van der Waals surface area (Å²) >= 11 is 3.55. The van der Waals surface area contributed by atoms with Crippen LogP contribution in [0.3, 0.4) is 0 Å². The van der Waals surface area contributed by atoms with E-state index in [1.807, 2.05) is 17.4 Å². The molecular weight excluding hydrogens is 531 g/mol. The van der Waals surface area contributed by atoms with E-state index in [-0.39, 0.29) is 12.0 Å². The summed E-state index contributed by atoms with van der Waals surface area (Å²) in [5, 5.41) is 9.42. The Labute approximate surface area is 206 Å². The molecule has 1 aliphatic heterocycles. The van der Waals surface area contributed by atoms with E-state index in [4.69, 9.17) is 4.74 Å². The molecule has 12 heteroatoms. The van der Waals surface area contributed by atoms with Gasteiger partial charge in [-0.15, -0.1) is 0 Å². The maximum atomic E-state index is 13.7. The number of fused-ring (bicyclic) bond motifs is 3. The SMILES string of the molecule is O=C(CN1C(=O)C2(CCC(Oc3cnc4[nH]ncc4c3)CC2)c2c(Br)cccc21)NCC(F)(F)F. The first-order valence-electron chi connectivity index (χ1n) is 11.1. The third kappa shape index (κ3) is 4.46. The number of carbonyl (C=O) groups is 2. The molecule has 8 nitrogen and oxygen atoms in total. The highest BCUT2D eigenvalue weighted by atomic mass is 79.9. The van der Waals surface area contributed by atoms with Crippen LogP contribution in [0.2, 0.25) is 0 Å². The van der Waals surface area contributed by atoms with Crippen LogP contribution in [0, 0.1) is 0 Å². The summed E-state index contributed by atoms with van der Waals surface area (Å²) in [6, 6.07) is 7.14. The molecule has 2 amide bonds. The van der Waals surface area contributed by atoms with Crippen molar-refractivity contribution < 1.29 is 27.5 Å². The van der Waals surface area contributed by atoms with Crippen LogP contribution in [-0.2, 0) is 15.0 Å². The number of pyridine rings is 1. The number of aromatic amines is 1. The third-order valence-electron chi connectivity index (χ3n) is 6.56. The standard InChI is InChI=1S/C23H21BrF3N5O3/c24-16-2-1-3-17-19(16)22(21(34)32(17)11-18(33)29-12-23(25,26)27)6-4-14(5-7-22)35-15-8-13-9-30-31-20(13)28-10-15/h1-3,8-10,14H,4-7,11-12H2,(H,29,33)(H,28,30,31). The number of ether oxygens (including phenoxy) is 1. The van der Waals surface area contributed by atoms with Crippen molar-refractivity contribution in [2.75, 3.05) is 18.0 Å². The number of nitrogens with zero attached hydrogens (tertiary/aromatic N) is 3. The molecule has 5 rings (SSSR count). The van der Waals surface area contributed by atoms with Gasteiger partial charge < -0.3 is 15.0 Å². The van der Waals surface area contributed by atoms with Crippen LogP contribution in [0.1, 0.15) is 31.2 Å². The van der Waals surface area contributed by atoms with Crippen molar-refractivity contribution >= 4 is 44.5 Å². The van der Waals surface area contributed by atoms with Crippen LogP contribution < -0.4 is 15.0 Å². The van der Waals surface area contributed by atoms with Crippen molar-refractivity contribution in [1.82, 2.24) is 20.5 Å². The minimum Gasteiger partial charge on any atom is -0.489 e. The number of aromatic nitrogens is 3. The van der Waals surface area contributed by atoms with Gasteiger partial charge in [0, 0.05) is 21.1 Å². The molecule has 0 radical (unpaired) electrons. The van der Waals surface area contributed by atoms with Gasteiger partial charge in [-0.25, -0.2) is 4.98 Å². The van der Waals surface area contributed by atoms with Crippen LogP contribution in [0.15, 0.2) is 41.1 Å². The highest BCUT2D eigenvalue weighted by molar-refractivity contribution is 9.10. The van der Waals surface area contributed by atoms with Crippen LogP contribution in [0.5, 0.6) is 5.75 Å². The fourth-order valence-electron chi connectivity index (χ4n) is 4.98. The van der Waals surface area contributed by atoms with E-state index in [1.165, 1.54) is 4.90 Å². The summed E-state index contributed by atoms with van der Waals surface area (Å²) in [4.78, 5) is 31.5. The van der Waals surface area contributed by atoms with Crippen LogP contribution in [0.4, 0.5) is 18.9 Å². The molecule has 3 aromatic rings. The normalized spacial score (nSPS) is 22.0. The maximum absolute atomic E-state index is 13.7. The van der Waals surface area contributed by atoms with Crippen molar-refractivity contribution in [3.8, 4) is 5.75 Å². The highest BCUT2D eigenvalue weighted by Gasteiger charge is 2.53. The third-order valence-corrected chi connectivity index (χ3v) is 7.22. The molecule has 0 atom stereocenters. The first-order valence-corrected chi connectivity index (χ1v) is 11.9. The summed E-state index contributed by atoms with van der Waals surface area (Å²) in [5.41, 5.74) is 1.11. The highest BCUT2D eigenvalue weighted by Crippen LogP contribution is 2.53. The average molecular weight is 552 g/mol. The second-order valence-corrected chi connectivity index (χ2v) is 9.65. The van der Waals surface area contributed by atoms with E-state index in [9.17, 15) is 22.8 Å². The zero-order chi connectivity index (χ0) is 24.8. The van der Waals surface area contributed by atoms with E-state index in [0.717, 1.165) is 15.4 Å². The van der Waals surface area contributed by atoms with E-state index in [0.29, 0.717) is 42.8 Å². The van der Waals surface area contributed by atoms with Crippen molar-refractivity contribution in [2.24, 2.45) is 0 Å². The van der Waals surface area contributed by atoms with Crippen molar-refractivity contribution in [2.45, 2.75) is 43.4 Å². The molecule has 3 heterocycles. The van der Waals surface area contributed by atoms with E-state index in [2.05, 4.69) is 31.1 Å². The molecule has 1 aliphatic carbocycles. The van der Waals surface area contributed by atoms with Crippen LogP contribution in [-0.4, -0.2) is 52.4 Å². The summed E-state index contributed by atoms with van der Waals surface area (Å²) in [5.74, 6) is -0.526. The van der Waals surface area contributed by atoms with Gasteiger partial charge in [0.2, 0.25) is 11.8 Å². The molecule has 35 heavy (non-hydrogen) atoms.